The minimum absolute atomic E-state index is 0.0683. The van der Waals surface area contributed by atoms with Gasteiger partial charge in [-0.05, 0) is 31.2 Å². The molecule has 0 saturated carbocycles. The minimum atomic E-state index is -0.685. The lowest BCUT2D eigenvalue weighted by Crippen LogP contribution is -2.21. The average molecular weight is 314 g/mol. The molecule has 23 heavy (non-hydrogen) atoms. The van der Waals surface area contributed by atoms with Crippen LogP contribution in [0.15, 0.2) is 36.7 Å². The third-order valence-electron chi connectivity index (χ3n) is 2.99. The second kappa shape index (κ2) is 7.35. The number of ether oxygens (including phenoxy) is 1. The summed E-state index contributed by atoms with van der Waals surface area (Å²) in [6.45, 7) is 1.38. The van der Waals surface area contributed by atoms with Crippen LogP contribution in [0.3, 0.4) is 0 Å². The molecule has 0 fully saturated rings. The van der Waals surface area contributed by atoms with Gasteiger partial charge in [-0.25, -0.2) is 9.78 Å². The summed E-state index contributed by atoms with van der Waals surface area (Å²) in [6, 6.07) is 7.31. The molecule has 0 saturated heterocycles. The number of nitrogens with zero attached hydrogens (tertiary/aromatic N) is 3. The van der Waals surface area contributed by atoms with Crippen molar-refractivity contribution < 1.29 is 14.3 Å². The molecular formula is C16H18N4O3. The SMILES string of the molecule is Cc1cnc(C(=O)OCC(=O)Nc2ccc(N(C)C)cc2)cn1. The van der Waals surface area contributed by atoms with Gasteiger partial charge in [0.15, 0.2) is 12.3 Å². The molecule has 0 aliphatic carbocycles. The Morgan fingerprint density at radius 3 is 2.39 bits per heavy atom. The molecule has 0 aliphatic rings. The van der Waals surface area contributed by atoms with Crippen molar-refractivity contribution in [3.05, 3.63) is 48.0 Å². The predicted molar refractivity (Wildman–Crippen MR) is 86.5 cm³/mol. The first kappa shape index (κ1) is 16.4. The number of anilines is 2. The van der Waals surface area contributed by atoms with Crippen molar-refractivity contribution in [1.82, 2.24) is 9.97 Å². The van der Waals surface area contributed by atoms with E-state index in [9.17, 15) is 9.59 Å². The zero-order valence-corrected chi connectivity index (χ0v) is 13.2. The first-order valence-corrected chi connectivity index (χ1v) is 6.98. The van der Waals surface area contributed by atoms with Gasteiger partial charge < -0.3 is 15.0 Å². The molecule has 0 spiro atoms. The number of hydrogen-bond acceptors (Lipinski definition) is 6. The van der Waals surface area contributed by atoms with Crippen LogP contribution in [0.5, 0.6) is 0 Å². The lowest BCUT2D eigenvalue weighted by molar-refractivity contribution is -0.119. The smallest absolute Gasteiger partial charge is 0.359 e. The van der Waals surface area contributed by atoms with Crippen LogP contribution in [0.25, 0.3) is 0 Å². The maximum absolute atomic E-state index is 11.8. The Kier molecular flexibility index (Phi) is 5.24. The zero-order chi connectivity index (χ0) is 16.8. The molecular weight excluding hydrogens is 296 g/mol. The zero-order valence-electron chi connectivity index (χ0n) is 13.2. The van der Waals surface area contributed by atoms with E-state index in [0.717, 1.165) is 5.69 Å². The standard InChI is InChI=1S/C16H18N4O3/c1-11-8-18-14(9-17-11)16(22)23-10-15(21)19-12-4-6-13(7-5-12)20(2)3/h4-9H,10H2,1-3H3,(H,19,21). The highest BCUT2D eigenvalue weighted by Crippen LogP contribution is 2.15. The van der Waals surface area contributed by atoms with Crippen LogP contribution in [0.4, 0.5) is 11.4 Å². The minimum Gasteiger partial charge on any atom is -0.451 e. The van der Waals surface area contributed by atoms with Gasteiger partial charge in [0.25, 0.3) is 5.91 Å². The van der Waals surface area contributed by atoms with Crippen molar-refractivity contribution in [3.63, 3.8) is 0 Å². The second-order valence-corrected chi connectivity index (χ2v) is 5.11. The molecule has 7 nitrogen and oxygen atoms in total. The van der Waals surface area contributed by atoms with Gasteiger partial charge in [0.2, 0.25) is 0 Å². The van der Waals surface area contributed by atoms with E-state index in [1.807, 2.05) is 31.1 Å². The Morgan fingerprint density at radius 2 is 1.83 bits per heavy atom. The summed E-state index contributed by atoms with van der Waals surface area (Å²) < 4.78 is 4.90. The van der Waals surface area contributed by atoms with E-state index in [-0.39, 0.29) is 12.3 Å². The lowest BCUT2D eigenvalue weighted by Gasteiger charge is -2.13. The Bertz CT molecular complexity index is 681. The van der Waals surface area contributed by atoms with Crippen molar-refractivity contribution in [1.29, 1.82) is 0 Å². The normalized spacial score (nSPS) is 10.0. The summed E-state index contributed by atoms with van der Waals surface area (Å²) in [4.78, 5) is 33.3. The van der Waals surface area contributed by atoms with E-state index in [4.69, 9.17) is 4.74 Å². The molecule has 1 heterocycles. The Balaban J connectivity index is 1.85. The molecule has 0 aliphatic heterocycles. The monoisotopic (exact) mass is 314 g/mol. The molecule has 7 heteroatoms. The molecule has 0 radical (unpaired) electrons. The van der Waals surface area contributed by atoms with Crippen molar-refractivity contribution in [2.45, 2.75) is 6.92 Å². The van der Waals surface area contributed by atoms with Gasteiger partial charge in [0.05, 0.1) is 11.9 Å². The van der Waals surface area contributed by atoms with Crippen molar-refractivity contribution in [3.8, 4) is 0 Å². The number of benzene rings is 1. The van der Waals surface area contributed by atoms with Crippen LogP contribution >= 0.6 is 0 Å². The molecule has 1 aromatic heterocycles. The van der Waals surface area contributed by atoms with Gasteiger partial charge in [-0.15, -0.1) is 0 Å². The topological polar surface area (TPSA) is 84.4 Å². The quantitative estimate of drug-likeness (QED) is 0.845. The van der Waals surface area contributed by atoms with Crippen molar-refractivity contribution >= 4 is 23.3 Å². The van der Waals surface area contributed by atoms with Gasteiger partial charge in [-0.2, -0.15) is 0 Å². The summed E-state index contributed by atoms with van der Waals surface area (Å²) in [7, 11) is 3.86. The molecule has 2 rings (SSSR count). The van der Waals surface area contributed by atoms with Gasteiger partial charge in [0, 0.05) is 31.7 Å². The third kappa shape index (κ3) is 4.77. The molecule has 0 unspecified atom stereocenters. The number of aromatic nitrogens is 2. The summed E-state index contributed by atoms with van der Waals surface area (Å²) >= 11 is 0. The van der Waals surface area contributed by atoms with Crippen LogP contribution in [-0.4, -0.2) is 42.5 Å². The van der Waals surface area contributed by atoms with Gasteiger partial charge in [-0.3, -0.25) is 9.78 Å². The van der Waals surface area contributed by atoms with Crippen LogP contribution in [0, 0.1) is 6.92 Å². The fourth-order valence-electron chi connectivity index (χ4n) is 1.74. The first-order chi connectivity index (χ1) is 11.0. The lowest BCUT2D eigenvalue weighted by atomic mass is 10.2. The van der Waals surface area contributed by atoms with Gasteiger partial charge >= 0.3 is 5.97 Å². The van der Waals surface area contributed by atoms with Crippen LogP contribution in [0.2, 0.25) is 0 Å². The fourth-order valence-corrected chi connectivity index (χ4v) is 1.74. The van der Waals surface area contributed by atoms with E-state index in [2.05, 4.69) is 15.3 Å². The molecule has 1 aromatic carbocycles. The fraction of sp³-hybridized carbons (Fsp3) is 0.250. The number of carbonyl (C=O) groups excluding carboxylic acids is 2. The van der Waals surface area contributed by atoms with E-state index in [1.54, 1.807) is 19.1 Å². The maximum atomic E-state index is 11.8. The largest absolute Gasteiger partial charge is 0.451 e. The van der Waals surface area contributed by atoms with E-state index < -0.39 is 11.9 Å². The van der Waals surface area contributed by atoms with Gasteiger partial charge in [-0.1, -0.05) is 0 Å². The molecule has 120 valence electrons. The second-order valence-electron chi connectivity index (χ2n) is 5.11. The number of aryl methyl sites for hydroxylation is 1. The van der Waals surface area contributed by atoms with E-state index >= 15 is 0 Å². The number of carbonyl (C=O) groups is 2. The number of nitrogens with one attached hydrogen (secondary N) is 1. The summed E-state index contributed by atoms with van der Waals surface area (Å²) in [6.07, 6.45) is 2.78. The molecule has 1 amide bonds. The highest BCUT2D eigenvalue weighted by atomic mass is 16.5. The van der Waals surface area contributed by atoms with Crippen LogP contribution in [0.1, 0.15) is 16.2 Å². The highest BCUT2D eigenvalue weighted by molar-refractivity contribution is 5.94. The summed E-state index contributed by atoms with van der Waals surface area (Å²) in [5.74, 6) is -1.10. The average Bonchev–Trinajstić information content (AvgIpc) is 2.54. The molecule has 2 aromatic rings. The van der Waals surface area contributed by atoms with E-state index in [0.29, 0.717) is 11.4 Å². The Hall–Kier alpha value is -2.96. The van der Waals surface area contributed by atoms with E-state index in [1.165, 1.54) is 12.4 Å². The Morgan fingerprint density at radius 1 is 1.13 bits per heavy atom. The predicted octanol–water partition coefficient (Wildman–Crippen LogP) is 1.65. The van der Waals surface area contributed by atoms with Crippen LogP contribution < -0.4 is 10.2 Å². The number of esters is 1. The molecule has 0 atom stereocenters. The highest BCUT2D eigenvalue weighted by Gasteiger charge is 2.12. The van der Waals surface area contributed by atoms with Gasteiger partial charge in [0.1, 0.15) is 0 Å². The number of amides is 1. The summed E-state index contributed by atoms with van der Waals surface area (Å²) in [5.41, 5.74) is 2.42. The number of hydrogen-bond donors (Lipinski definition) is 1. The summed E-state index contributed by atoms with van der Waals surface area (Å²) in [5, 5.41) is 2.65. The molecule has 0 bridgehead atoms. The number of rotatable bonds is 5. The third-order valence-corrected chi connectivity index (χ3v) is 2.99. The first-order valence-electron chi connectivity index (χ1n) is 6.98. The van der Waals surface area contributed by atoms with Crippen LogP contribution in [-0.2, 0) is 9.53 Å². The maximum Gasteiger partial charge on any atom is 0.359 e. The molecule has 1 N–H and O–H groups in total. The van der Waals surface area contributed by atoms with Crippen molar-refractivity contribution in [2.24, 2.45) is 0 Å². The Labute approximate surface area is 134 Å². The van der Waals surface area contributed by atoms with Crippen molar-refractivity contribution in [2.75, 3.05) is 30.9 Å².